The van der Waals surface area contributed by atoms with Crippen molar-refractivity contribution in [3.8, 4) is 10.4 Å². The van der Waals surface area contributed by atoms with Gasteiger partial charge >= 0.3 is 0 Å². The van der Waals surface area contributed by atoms with E-state index in [1.807, 2.05) is 40.1 Å². The minimum Gasteiger partial charge on any atom is -0.391 e. The number of amides is 1. The SMILES string of the molecule is CSc1cc(-c2scnc2C)ccc1CCCCC(=O)[C@@H]1C[C@@H](O)CN1C(=O)[C@@H](C)C(C)(C)C. The zero-order valence-electron chi connectivity index (χ0n) is 21.3. The number of carbonyl (C=O) groups is 2. The normalized spacial score (nSPS) is 19.4. The van der Waals surface area contributed by atoms with Gasteiger partial charge in [-0.3, -0.25) is 9.59 Å². The summed E-state index contributed by atoms with van der Waals surface area (Å²) in [6.45, 7) is 10.3. The largest absolute Gasteiger partial charge is 0.391 e. The predicted octanol–water partition coefficient (Wildman–Crippen LogP) is 5.77. The zero-order valence-corrected chi connectivity index (χ0v) is 22.9. The van der Waals surface area contributed by atoms with Crippen LogP contribution in [0.3, 0.4) is 0 Å². The number of nitrogens with zero attached hydrogens (tertiary/aromatic N) is 2. The van der Waals surface area contributed by atoms with Crippen molar-refractivity contribution in [2.24, 2.45) is 11.3 Å². The minimum atomic E-state index is -0.616. The van der Waals surface area contributed by atoms with Crippen molar-refractivity contribution in [1.29, 1.82) is 0 Å². The molecule has 5 nitrogen and oxygen atoms in total. The molecule has 7 heteroatoms. The summed E-state index contributed by atoms with van der Waals surface area (Å²) in [5, 5.41) is 10.2. The minimum absolute atomic E-state index is 0.0247. The number of aliphatic hydroxyl groups excluding tert-OH is 1. The second kappa shape index (κ2) is 11.4. The summed E-state index contributed by atoms with van der Waals surface area (Å²) >= 11 is 3.42. The van der Waals surface area contributed by atoms with E-state index >= 15 is 0 Å². The molecule has 1 fully saturated rings. The molecule has 0 bridgehead atoms. The predicted molar refractivity (Wildman–Crippen MR) is 141 cm³/mol. The second-order valence-electron chi connectivity index (χ2n) is 10.5. The molecule has 0 radical (unpaired) electrons. The number of hydrogen-bond donors (Lipinski definition) is 1. The van der Waals surface area contributed by atoms with E-state index < -0.39 is 12.1 Å². The van der Waals surface area contributed by atoms with Crippen LogP contribution in [0.2, 0.25) is 0 Å². The maximum atomic E-state index is 13.0. The number of Topliss-reactive ketones (excluding diaryl/α,β-unsaturated/α-hetero) is 1. The standard InChI is InChI=1S/C27H38N2O3S2/c1-17(27(3,4)5)26(32)29-15-21(30)14-22(29)23(31)10-8-7-9-19-11-12-20(13-24(19)33-6)25-18(2)28-16-34-25/h11-13,16-17,21-22,30H,7-10,14-15H2,1-6H3/t17-,21-,22+/m1/s1. The Labute approximate surface area is 212 Å². The fourth-order valence-corrected chi connectivity index (χ4v) is 5.91. The third kappa shape index (κ3) is 6.29. The van der Waals surface area contributed by atoms with Crippen molar-refractivity contribution in [2.45, 2.75) is 83.8 Å². The number of rotatable bonds is 9. The molecule has 186 valence electrons. The number of benzene rings is 1. The molecular formula is C27H38N2O3S2. The molecule has 1 aromatic heterocycles. The van der Waals surface area contributed by atoms with Gasteiger partial charge in [-0.15, -0.1) is 23.1 Å². The summed E-state index contributed by atoms with van der Waals surface area (Å²) in [4.78, 5) is 34.5. The number of unbranched alkanes of at least 4 members (excludes halogenated alkanes) is 1. The van der Waals surface area contributed by atoms with Crippen LogP contribution in [-0.4, -0.2) is 51.6 Å². The number of likely N-dealkylation sites (tertiary alicyclic amines) is 1. The van der Waals surface area contributed by atoms with Crippen LogP contribution in [0.15, 0.2) is 28.6 Å². The van der Waals surface area contributed by atoms with E-state index in [1.54, 1.807) is 28.0 Å². The van der Waals surface area contributed by atoms with Gasteiger partial charge in [0.05, 0.1) is 28.2 Å². The topological polar surface area (TPSA) is 70.5 Å². The van der Waals surface area contributed by atoms with Crippen molar-refractivity contribution < 1.29 is 14.7 Å². The lowest BCUT2D eigenvalue weighted by Crippen LogP contribution is -2.45. The van der Waals surface area contributed by atoms with Crippen LogP contribution in [0.5, 0.6) is 0 Å². The number of aliphatic hydroxyl groups is 1. The molecule has 1 aliphatic rings. The lowest BCUT2D eigenvalue weighted by molar-refractivity contribution is -0.143. The van der Waals surface area contributed by atoms with Gasteiger partial charge in [-0.1, -0.05) is 39.8 Å². The summed E-state index contributed by atoms with van der Waals surface area (Å²) in [5.41, 5.74) is 5.28. The highest BCUT2D eigenvalue weighted by Crippen LogP contribution is 2.33. The summed E-state index contributed by atoms with van der Waals surface area (Å²) in [6, 6.07) is 6.12. The lowest BCUT2D eigenvalue weighted by Gasteiger charge is -2.32. The Morgan fingerprint density at radius 3 is 2.65 bits per heavy atom. The third-order valence-electron chi connectivity index (χ3n) is 7.02. The van der Waals surface area contributed by atoms with Gasteiger partial charge in [0.25, 0.3) is 0 Å². The van der Waals surface area contributed by atoms with Crippen molar-refractivity contribution >= 4 is 34.8 Å². The molecule has 0 unspecified atom stereocenters. The van der Waals surface area contributed by atoms with Gasteiger partial charge in [-0.25, -0.2) is 4.98 Å². The summed E-state index contributed by atoms with van der Waals surface area (Å²) in [5.74, 6) is -0.148. The first-order chi connectivity index (χ1) is 16.0. The van der Waals surface area contributed by atoms with E-state index in [4.69, 9.17) is 0 Å². The molecular weight excluding hydrogens is 464 g/mol. The molecule has 3 rings (SSSR count). The Hall–Kier alpha value is -1.70. The quantitative estimate of drug-likeness (QED) is 0.348. The Bertz CT molecular complexity index is 1010. The first-order valence-corrected chi connectivity index (χ1v) is 14.2. The van der Waals surface area contributed by atoms with Gasteiger partial charge in [0.15, 0.2) is 5.78 Å². The molecule has 1 aliphatic heterocycles. The van der Waals surface area contributed by atoms with Crippen LogP contribution >= 0.6 is 23.1 Å². The highest BCUT2D eigenvalue weighted by atomic mass is 32.2. The zero-order chi connectivity index (χ0) is 25.0. The van der Waals surface area contributed by atoms with Crippen molar-refractivity contribution in [2.75, 3.05) is 12.8 Å². The number of β-amino-alcohol motifs (C(OH)–C–C–N with tert-alkyl or cyclic N) is 1. The maximum absolute atomic E-state index is 13.0. The Morgan fingerprint density at radius 1 is 1.29 bits per heavy atom. The highest BCUT2D eigenvalue weighted by molar-refractivity contribution is 7.98. The average molecular weight is 503 g/mol. The molecule has 2 heterocycles. The van der Waals surface area contributed by atoms with E-state index in [0.717, 1.165) is 25.0 Å². The highest BCUT2D eigenvalue weighted by Gasteiger charge is 2.41. The maximum Gasteiger partial charge on any atom is 0.226 e. The Kier molecular flexibility index (Phi) is 8.98. The van der Waals surface area contributed by atoms with Crippen LogP contribution in [0.4, 0.5) is 0 Å². The van der Waals surface area contributed by atoms with Crippen LogP contribution in [0.1, 0.15) is 64.6 Å². The summed E-state index contributed by atoms with van der Waals surface area (Å²) in [6.07, 6.45) is 4.90. The molecule has 34 heavy (non-hydrogen) atoms. The van der Waals surface area contributed by atoms with Crippen molar-refractivity contribution in [1.82, 2.24) is 9.88 Å². The fourth-order valence-electron chi connectivity index (χ4n) is 4.43. The lowest BCUT2D eigenvalue weighted by atomic mass is 9.81. The van der Waals surface area contributed by atoms with Gasteiger partial charge in [-0.05, 0) is 55.1 Å². The van der Waals surface area contributed by atoms with Crippen LogP contribution in [0.25, 0.3) is 10.4 Å². The fraction of sp³-hybridized carbons (Fsp3) is 0.593. The Morgan fingerprint density at radius 2 is 2.03 bits per heavy atom. The Balaban J connectivity index is 1.56. The van der Waals surface area contributed by atoms with Crippen molar-refractivity contribution in [3.63, 3.8) is 0 Å². The van der Waals surface area contributed by atoms with Crippen molar-refractivity contribution in [3.05, 3.63) is 35.0 Å². The van der Waals surface area contributed by atoms with Gasteiger partial charge < -0.3 is 10.0 Å². The summed E-state index contributed by atoms with van der Waals surface area (Å²) < 4.78 is 0. The number of hydrogen-bond acceptors (Lipinski definition) is 6. The monoisotopic (exact) mass is 502 g/mol. The molecule has 0 aliphatic carbocycles. The van der Waals surface area contributed by atoms with E-state index in [2.05, 4.69) is 29.4 Å². The van der Waals surface area contributed by atoms with E-state index in [0.29, 0.717) is 12.8 Å². The first kappa shape index (κ1) is 26.9. The number of aryl methyl sites for hydroxylation is 2. The first-order valence-electron chi connectivity index (χ1n) is 12.1. The van der Waals surface area contributed by atoms with Gasteiger partial charge in [0.2, 0.25) is 5.91 Å². The summed E-state index contributed by atoms with van der Waals surface area (Å²) in [7, 11) is 0. The number of thioether (sulfide) groups is 1. The van der Waals surface area contributed by atoms with E-state index in [-0.39, 0.29) is 29.6 Å². The number of aromatic nitrogens is 1. The van der Waals surface area contributed by atoms with Crippen LogP contribution < -0.4 is 0 Å². The number of carbonyl (C=O) groups excluding carboxylic acids is 2. The molecule has 1 aromatic carbocycles. The second-order valence-corrected chi connectivity index (χ2v) is 12.2. The molecule has 1 saturated heterocycles. The third-order valence-corrected chi connectivity index (χ3v) is 8.81. The molecule has 1 N–H and O–H groups in total. The molecule has 2 aromatic rings. The van der Waals surface area contributed by atoms with Crippen LogP contribution in [-0.2, 0) is 16.0 Å². The number of thiazole rings is 1. The molecule has 0 spiro atoms. The molecule has 0 saturated carbocycles. The average Bonchev–Trinajstić information content (AvgIpc) is 3.40. The van der Waals surface area contributed by atoms with Gasteiger partial charge in [0, 0.05) is 30.2 Å². The molecule has 1 amide bonds. The van der Waals surface area contributed by atoms with Crippen LogP contribution in [0, 0.1) is 18.3 Å². The van der Waals surface area contributed by atoms with E-state index in [9.17, 15) is 14.7 Å². The van der Waals surface area contributed by atoms with Gasteiger partial charge in [0.1, 0.15) is 0 Å². The van der Waals surface area contributed by atoms with Gasteiger partial charge in [-0.2, -0.15) is 0 Å². The smallest absolute Gasteiger partial charge is 0.226 e. The molecule has 3 atom stereocenters. The van der Waals surface area contributed by atoms with E-state index in [1.165, 1.54) is 20.9 Å². The number of ketones is 1.